The average Bonchev–Trinajstić information content (AvgIpc) is 2.70. The first-order valence-corrected chi connectivity index (χ1v) is 8.00. The van der Waals surface area contributed by atoms with Gasteiger partial charge in [0.1, 0.15) is 17.3 Å². The summed E-state index contributed by atoms with van der Waals surface area (Å²) in [7, 11) is 1.60. The summed E-state index contributed by atoms with van der Waals surface area (Å²) in [5, 5.41) is 5.52. The minimum Gasteiger partial charge on any atom is -0.497 e. The fourth-order valence-corrected chi connectivity index (χ4v) is 2.24. The van der Waals surface area contributed by atoms with Crippen LogP contribution in [0.3, 0.4) is 0 Å². The molecule has 27 heavy (non-hydrogen) atoms. The van der Waals surface area contributed by atoms with E-state index in [-0.39, 0.29) is 11.4 Å². The van der Waals surface area contributed by atoms with Crippen LogP contribution in [0.5, 0.6) is 5.75 Å². The lowest BCUT2D eigenvalue weighted by molar-refractivity contribution is 0.102. The molecule has 0 aliphatic carbocycles. The fourth-order valence-electron chi connectivity index (χ4n) is 2.24. The normalized spacial score (nSPS) is 10.3. The summed E-state index contributed by atoms with van der Waals surface area (Å²) in [6.07, 6.45) is 2.72. The summed E-state index contributed by atoms with van der Waals surface area (Å²) in [5.74, 6) is -1.34. The van der Waals surface area contributed by atoms with Crippen molar-refractivity contribution in [2.75, 3.05) is 17.7 Å². The first-order chi connectivity index (χ1) is 13.0. The van der Waals surface area contributed by atoms with Gasteiger partial charge in [-0.1, -0.05) is 12.1 Å². The van der Waals surface area contributed by atoms with Crippen LogP contribution in [-0.4, -0.2) is 23.0 Å². The molecular weight excluding hydrogens is 354 g/mol. The third kappa shape index (κ3) is 4.75. The Morgan fingerprint density at radius 1 is 1.04 bits per heavy atom. The predicted octanol–water partition coefficient (Wildman–Crippen LogP) is 3.63. The second kappa shape index (κ2) is 8.22. The SMILES string of the molecule is COc1ccc(CNc2cnc(C(=O)Nc3ccc(F)c(F)c3)cn2)cc1. The number of halogens is 2. The second-order valence-electron chi connectivity index (χ2n) is 5.57. The Morgan fingerprint density at radius 3 is 2.44 bits per heavy atom. The molecule has 0 aliphatic heterocycles. The summed E-state index contributed by atoms with van der Waals surface area (Å²) < 4.78 is 31.2. The largest absolute Gasteiger partial charge is 0.497 e. The number of anilines is 2. The van der Waals surface area contributed by atoms with Crippen molar-refractivity contribution in [3.63, 3.8) is 0 Å². The molecule has 138 valence electrons. The number of hydrogen-bond acceptors (Lipinski definition) is 5. The van der Waals surface area contributed by atoms with Crippen LogP contribution in [0.1, 0.15) is 16.1 Å². The van der Waals surface area contributed by atoms with E-state index in [0.717, 1.165) is 23.4 Å². The third-order valence-corrected chi connectivity index (χ3v) is 3.69. The summed E-state index contributed by atoms with van der Waals surface area (Å²) in [4.78, 5) is 20.3. The van der Waals surface area contributed by atoms with E-state index in [1.54, 1.807) is 7.11 Å². The van der Waals surface area contributed by atoms with Crippen molar-refractivity contribution in [2.45, 2.75) is 6.54 Å². The first-order valence-electron chi connectivity index (χ1n) is 8.00. The number of ether oxygens (including phenoxy) is 1. The number of methoxy groups -OCH3 is 1. The van der Waals surface area contributed by atoms with Crippen LogP contribution in [0.15, 0.2) is 54.9 Å². The molecule has 0 fully saturated rings. The smallest absolute Gasteiger partial charge is 0.275 e. The zero-order valence-electron chi connectivity index (χ0n) is 14.4. The van der Waals surface area contributed by atoms with Crippen molar-refractivity contribution in [3.8, 4) is 5.75 Å². The molecular formula is C19H16F2N4O2. The number of carbonyl (C=O) groups excluding carboxylic acids is 1. The van der Waals surface area contributed by atoms with E-state index in [0.29, 0.717) is 12.4 Å². The number of nitrogens with one attached hydrogen (secondary N) is 2. The monoisotopic (exact) mass is 370 g/mol. The van der Waals surface area contributed by atoms with Gasteiger partial charge in [-0.25, -0.2) is 18.7 Å². The molecule has 0 atom stereocenters. The molecule has 1 aromatic heterocycles. The number of aromatic nitrogens is 2. The number of hydrogen-bond donors (Lipinski definition) is 2. The number of benzene rings is 2. The van der Waals surface area contributed by atoms with Crippen LogP contribution < -0.4 is 15.4 Å². The quantitative estimate of drug-likeness (QED) is 0.693. The third-order valence-electron chi connectivity index (χ3n) is 3.69. The number of rotatable bonds is 6. The van der Waals surface area contributed by atoms with E-state index in [1.165, 1.54) is 18.5 Å². The molecule has 1 amide bonds. The maximum atomic E-state index is 13.2. The predicted molar refractivity (Wildman–Crippen MR) is 96.7 cm³/mol. The topological polar surface area (TPSA) is 76.1 Å². The highest BCUT2D eigenvalue weighted by atomic mass is 19.2. The van der Waals surface area contributed by atoms with Crippen molar-refractivity contribution in [2.24, 2.45) is 0 Å². The molecule has 0 saturated heterocycles. The Labute approximate surface area is 154 Å². The molecule has 6 nitrogen and oxygen atoms in total. The number of carbonyl (C=O) groups is 1. The van der Waals surface area contributed by atoms with E-state index >= 15 is 0 Å². The van der Waals surface area contributed by atoms with Gasteiger partial charge < -0.3 is 15.4 Å². The van der Waals surface area contributed by atoms with Gasteiger partial charge in [0.15, 0.2) is 11.6 Å². The van der Waals surface area contributed by atoms with Crippen molar-refractivity contribution in [3.05, 3.63) is 77.8 Å². The lowest BCUT2D eigenvalue weighted by atomic mass is 10.2. The molecule has 0 bridgehead atoms. The molecule has 3 aromatic rings. The van der Waals surface area contributed by atoms with Crippen LogP contribution in [0, 0.1) is 11.6 Å². The van der Waals surface area contributed by atoms with Crippen LogP contribution in [-0.2, 0) is 6.54 Å². The Kier molecular flexibility index (Phi) is 5.55. The zero-order valence-corrected chi connectivity index (χ0v) is 14.4. The molecule has 0 saturated carbocycles. The van der Waals surface area contributed by atoms with Crippen molar-refractivity contribution in [1.82, 2.24) is 9.97 Å². The first kappa shape index (κ1) is 18.2. The fraction of sp³-hybridized carbons (Fsp3) is 0.105. The standard InChI is InChI=1S/C19H16F2N4O2/c1-27-14-5-2-12(3-6-14)9-23-18-11-22-17(10-24-18)19(26)25-13-4-7-15(20)16(21)8-13/h2-8,10-11H,9H2,1H3,(H,23,24)(H,25,26). The summed E-state index contributed by atoms with van der Waals surface area (Å²) in [5.41, 5.74) is 1.20. The minimum atomic E-state index is -1.04. The van der Waals surface area contributed by atoms with Gasteiger partial charge in [0.2, 0.25) is 0 Å². The van der Waals surface area contributed by atoms with Gasteiger partial charge in [-0.15, -0.1) is 0 Å². The molecule has 0 unspecified atom stereocenters. The van der Waals surface area contributed by atoms with E-state index in [1.807, 2.05) is 24.3 Å². The highest BCUT2D eigenvalue weighted by Crippen LogP contribution is 2.15. The van der Waals surface area contributed by atoms with E-state index < -0.39 is 17.5 Å². The second-order valence-corrected chi connectivity index (χ2v) is 5.57. The van der Waals surface area contributed by atoms with Crippen LogP contribution in [0.25, 0.3) is 0 Å². The molecule has 0 aliphatic rings. The lowest BCUT2D eigenvalue weighted by Crippen LogP contribution is -2.14. The van der Waals surface area contributed by atoms with E-state index in [2.05, 4.69) is 20.6 Å². The van der Waals surface area contributed by atoms with Crippen LogP contribution in [0.4, 0.5) is 20.3 Å². The zero-order chi connectivity index (χ0) is 19.2. The Hall–Kier alpha value is -3.55. The highest BCUT2D eigenvalue weighted by Gasteiger charge is 2.10. The van der Waals surface area contributed by atoms with Gasteiger partial charge >= 0.3 is 0 Å². The number of amides is 1. The van der Waals surface area contributed by atoms with Gasteiger partial charge in [-0.2, -0.15) is 0 Å². The number of nitrogens with zero attached hydrogens (tertiary/aromatic N) is 2. The molecule has 8 heteroatoms. The molecule has 0 radical (unpaired) electrons. The van der Waals surface area contributed by atoms with Gasteiger partial charge in [-0.05, 0) is 29.8 Å². The minimum absolute atomic E-state index is 0.0507. The molecule has 3 rings (SSSR count). The van der Waals surface area contributed by atoms with Gasteiger partial charge in [0.25, 0.3) is 5.91 Å². The van der Waals surface area contributed by atoms with Crippen molar-refractivity contribution < 1.29 is 18.3 Å². The van der Waals surface area contributed by atoms with E-state index in [4.69, 9.17) is 4.74 Å². The van der Waals surface area contributed by atoms with Crippen molar-refractivity contribution >= 4 is 17.4 Å². The van der Waals surface area contributed by atoms with Crippen LogP contribution >= 0.6 is 0 Å². The molecule has 2 aromatic carbocycles. The lowest BCUT2D eigenvalue weighted by Gasteiger charge is -2.08. The van der Waals surface area contributed by atoms with Crippen molar-refractivity contribution in [1.29, 1.82) is 0 Å². The van der Waals surface area contributed by atoms with Crippen LogP contribution in [0.2, 0.25) is 0 Å². The maximum absolute atomic E-state index is 13.2. The van der Waals surface area contributed by atoms with Gasteiger partial charge in [0, 0.05) is 18.3 Å². The van der Waals surface area contributed by atoms with Gasteiger partial charge in [-0.3, -0.25) is 4.79 Å². The summed E-state index contributed by atoms with van der Waals surface area (Å²) >= 11 is 0. The summed E-state index contributed by atoms with van der Waals surface area (Å²) in [6, 6.07) is 10.6. The van der Waals surface area contributed by atoms with Gasteiger partial charge in [0.05, 0.1) is 19.5 Å². The molecule has 1 heterocycles. The summed E-state index contributed by atoms with van der Waals surface area (Å²) in [6.45, 7) is 0.527. The Bertz CT molecular complexity index is 931. The molecule has 0 spiro atoms. The maximum Gasteiger partial charge on any atom is 0.275 e. The Balaban J connectivity index is 1.58. The highest BCUT2D eigenvalue weighted by molar-refractivity contribution is 6.02. The van der Waals surface area contributed by atoms with E-state index in [9.17, 15) is 13.6 Å². The average molecular weight is 370 g/mol. The Morgan fingerprint density at radius 2 is 1.81 bits per heavy atom. The molecule has 2 N–H and O–H groups in total.